The van der Waals surface area contributed by atoms with Crippen molar-refractivity contribution in [1.29, 1.82) is 0 Å². The Balaban J connectivity index is 1.95. The maximum Gasteiger partial charge on any atom is 0.387 e. The number of hydrogen-bond donors (Lipinski definition) is 2. The lowest BCUT2D eigenvalue weighted by Gasteiger charge is -2.11. The van der Waals surface area contributed by atoms with Crippen LogP contribution in [0.15, 0.2) is 48.5 Å². The van der Waals surface area contributed by atoms with Crippen LogP contribution >= 0.6 is 0 Å². The molecule has 0 spiro atoms. The van der Waals surface area contributed by atoms with E-state index in [1.165, 1.54) is 25.3 Å². The molecule has 2 amide bonds. The minimum atomic E-state index is -3.00. The molecule has 0 unspecified atom stereocenters. The van der Waals surface area contributed by atoms with Crippen LogP contribution in [0.4, 0.5) is 14.5 Å². The summed E-state index contributed by atoms with van der Waals surface area (Å²) in [6, 6.07) is 12.5. The Morgan fingerprint density at radius 3 is 2.44 bits per heavy atom. The molecule has 2 rings (SSSR count). The van der Waals surface area contributed by atoms with Gasteiger partial charge in [0.15, 0.2) is 11.5 Å². The molecular weight excluding hydrogens is 334 g/mol. The van der Waals surface area contributed by atoms with Crippen molar-refractivity contribution in [3.63, 3.8) is 0 Å². The molecule has 2 aromatic rings. The number of rotatable bonds is 7. The molecule has 0 aromatic heterocycles. The number of hydrogen-bond acceptors (Lipinski definition) is 4. The standard InChI is InChI=1S/C17H16F2N2O4/c1-24-14-9-11(7-8-13(14)25-17(18)19)16(23)20-10-15(22)21-12-5-3-2-4-6-12/h2-9,17H,10H2,1H3,(H,20,23)(H,21,22). The Hall–Kier alpha value is -3.16. The summed E-state index contributed by atoms with van der Waals surface area (Å²) in [5, 5.41) is 5.06. The second-order valence-corrected chi connectivity index (χ2v) is 4.84. The summed E-state index contributed by atoms with van der Waals surface area (Å²) in [7, 11) is 1.27. The lowest BCUT2D eigenvalue weighted by molar-refractivity contribution is -0.115. The van der Waals surface area contributed by atoms with Gasteiger partial charge in [0.1, 0.15) is 0 Å². The van der Waals surface area contributed by atoms with Crippen LogP contribution in [-0.4, -0.2) is 32.1 Å². The van der Waals surface area contributed by atoms with E-state index in [-0.39, 0.29) is 23.6 Å². The van der Waals surface area contributed by atoms with Crippen LogP contribution < -0.4 is 20.1 Å². The topological polar surface area (TPSA) is 76.7 Å². The van der Waals surface area contributed by atoms with Gasteiger partial charge in [-0.25, -0.2) is 0 Å². The summed E-state index contributed by atoms with van der Waals surface area (Å²) in [5.41, 5.74) is 0.753. The highest BCUT2D eigenvalue weighted by Crippen LogP contribution is 2.29. The first-order valence-corrected chi connectivity index (χ1v) is 7.25. The van der Waals surface area contributed by atoms with Crippen LogP contribution in [0.25, 0.3) is 0 Å². The minimum absolute atomic E-state index is 0.0123. The van der Waals surface area contributed by atoms with Crippen molar-refractivity contribution in [2.75, 3.05) is 19.0 Å². The van der Waals surface area contributed by atoms with Gasteiger partial charge in [-0.3, -0.25) is 9.59 Å². The molecule has 0 aliphatic rings. The van der Waals surface area contributed by atoms with Gasteiger partial charge in [0.25, 0.3) is 5.91 Å². The van der Waals surface area contributed by atoms with Crippen LogP contribution in [0.3, 0.4) is 0 Å². The molecule has 0 aliphatic heterocycles. The third-order valence-corrected chi connectivity index (χ3v) is 3.11. The number of nitrogens with one attached hydrogen (secondary N) is 2. The fraction of sp³-hybridized carbons (Fsp3) is 0.176. The number of anilines is 1. The highest BCUT2D eigenvalue weighted by molar-refractivity contribution is 5.99. The third-order valence-electron chi connectivity index (χ3n) is 3.11. The molecule has 0 radical (unpaired) electrons. The summed E-state index contributed by atoms with van der Waals surface area (Å²) < 4.78 is 33.8. The molecule has 132 valence electrons. The molecule has 8 heteroatoms. The Bertz CT molecular complexity index is 739. The summed E-state index contributed by atoms with van der Waals surface area (Å²) >= 11 is 0. The van der Waals surface area contributed by atoms with E-state index in [4.69, 9.17) is 4.74 Å². The van der Waals surface area contributed by atoms with E-state index in [1.807, 2.05) is 6.07 Å². The number of carbonyl (C=O) groups is 2. The lowest BCUT2D eigenvalue weighted by Crippen LogP contribution is -2.32. The Kier molecular flexibility index (Phi) is 6.27. The molecule has 2 aromatic carbocycles. The Morgan fingerprint density at radius 1 is 1.08 bits per heavy atom. The maximum atomic E-state index is 12.3. The van der Waals surface area contributed by atoms with E-state index in [9.17, 15) is 18.4 Å². The first kappa shape index (κ1) is 18.2. The van der Waals surface area contributed by atoms with Crippen molar-refractivity contribution in [2.24, 2.45) is 0 Å². The molecular formula is C17H16F2N2O4. The number of benzene rings is 2. The van der Waals surface area contributed by atoms with E-state index in [0.717, 1.165) is 0 Å². The summed E-state index contributed by atoms with van der Waals surface area (Å²) in [6.45, 7) is -3.25. The van der Waals surface area contributed by atoms with Crippen LogP contribution in [0, 0.1) is 0 Å². The minimum Gasteiger partial charge on any atom is -0.493 e. The van der Waals surface area contributed by atoms with Crippen molar-refractivity contribution in [3.05, 3.63) is 54.1 Å². The molecule has 0 aliphatic carbocycles. The van der Waals surface area contributed by atoms with E-state index in [0.29, 0.717) is 5.69 Å². The molecule has 0 saturated heterocycles. The zero-order valence-electron chi connectivity index (χ0n) is 13.3. The lowest BCUT2D eigenvalue weighted by atomic mass is 10.2. The van der Waals surface area contributed by atoms with Gasteiger partial charge in [0, 0.05) is 11.3 Å². The summed E-state index contributed by atoms with van der Waals surface area (Å²) in [5.74, 6) is -1.15. The van der Waals surface area contributed by atoms with Gasteiger partial charge < -0.3 is 20.1 Å². The zero-order valence-corrected chi connectivity index (χ0v) is 13.3. The molecule has 0 fully saturated rings. The van der Waals surface area contributed by atoms with Gasteiger partial charge in [0.05, 0.1) is 13.7 Å². The smallest absolute Gasteiger partial charge is 0.387 e. The monoisotopic (exact) mass is 350 g/mol. The molecule has 0 heterocycles. The summed E-state index contributed by atoms with van der Waals surface area (Å²) in [6.07, 6.45) is 0. The summed E-state index contributed by atoms with van der Waals surface area (Å²) in [4.78, 5) is 23.9. The predicted molar refractivity (Wildman–Crippen MR) is 87.0 cm³/mol. The second kappa shape index (κ2) is 8.62. The molecule has 0 saturated carbocycles. The van der Waals surface area contributed by atoms with E-state index >= 15 is 0 Å². The highest BCUT2D eigenvalue weighted by atomic mass is 19.3. The Morgan fingerprint density at radius 2 is 1.80 bits per heavy atom. The molecule has 2 N–H and O–H groups in total. The number of alkyl halides is 2. The molecule has 25 heavy (non-hydrogen) atoms. The van der Waals surface area contributed by atoms with Gasteiger partial charge in [-0.15, -0.1) is 0 Å². The average Bonchev–Trinajstić information content (AvgIpc) is 2.60. The van der Waals surface area contributed by atoms with Crippen molar-refractivity contribution >= 4 is 17.5 Å². The van der Waals surface area contributed by atoms with Crippen LogP contribution in [0.1, 0.15) is 10.4 Å². The molecule has 6 nitrogen and oxygen atoms in total. The largest absolute Gasteiger partial charge is 0.493 e. The SMILES string of the molecule is COc1cc(C(=O)NCC(=O)Nc2ccccc2)ccc1OC(F)F. The van der Waals surface area contributed by atoms with Crippen molar-refractivity contribution in [3.8, 4) is 11.5 Å². The van der Waals surface area contributed by atoms with Gasteiger partial charge in [-0.05, 0) is 30.3 Å². The average molecular weight is 350 g/mol. The predicted octanol–water partition coefficient (Wildman–Crippen LogP) is 2.67. The van der Waals surface area contributed by atoms with Crippen molar-refractivity contribution in [2.45, 2.75) is 6.61 Å². The Labute approximate surface area is 142 Å². The highest BCUT2D eigenvalue weighted by Gasteiger charge is 2.14. The fourth-order valence-electron chi connectivity index (χ4n) is 1.99. The number of carbonyl (C=O) groups excluding carboxylic acids is 2. The van der Waals surface area contributed by atoms with Gasteiger partial charge in [-0.1, -0.05) is 18.2 Å². The molecule has 0 bridgehead atoms. The van der Waals surface area contributed by atoms with Crippen LogP contribution in [0.5, 0.6) is 11.5 Å². The maximum absolute atomic E-state index is 12.3. The van der Waals surface area contributed by atoms with E-state index in [2.05, 4.69) is 15.4 Å². The van der Waals surface area contributed by atoms with Crippen LogP contribution in [-0.2, 0) is 4.79 Å². The van der Waals surface area contributed by atoms with E-state index in [1.54, 1.807) is 24.3 Å². The zero-order chi connectivity index (χ0) is 18.2. The van der Waals surface area contributed by atoms with Crippen molar-refractivity contribution in [1.82, 2.24) is 5.32 Å². The first-order valence-electron chi connectivity index (χ1n) is 7.25. The van der Waals surface area contributed by atoms with Gasteiger partial charge in [-0.2, -0.15) is 8.78 Å². The fourth-order valence-corrected chi connectivity index (χ4v) is 1.99. The third kappa shape index (κ3) is 5.45. The number of ether oxygens (including phenoxy) is 2. The van der Waals surface area contributed by atoms with Gasteiger partial charge in [0.2, 0.25) is 5.91 Å². The number of para-hydroxylation sites is 1. The number of methoxy groups -OCH3 is 1. The normalized spacial score (nSPS) is 10.2. The second-order valence-electron chi connectivity index (χ2n) is 4.84. The number of amides is 2. The first-order chi connectivity index (χ1) is 12.0. The van der Waals surface area contributed by atoms with Crippen molar-refractivity contribution < 1.29 is 27.8 Å². The van der Waals surface area contributed by atoms with E-state index < -0.39 is 18.4 Å². The van der Waals surface area contributed by atoms with Gasteiger partial charge >= 0.3 is 6.61 Å². The van der Waals surface area contributed by atoms with Crippen LogP contribution in [0.2, 0.25) is 0 Å². The number of halogens is 2. The quantitative estimate of drug-likeness (QED) is 0.805. The molecule has 0 atom stereocenters.